The number of ether oxygens (including phenoxy) is 2. The predicted molar refractivity (Wildman–Crippen MR) is 121 cm³/mol. The number of anilines is 1. The quantitative estimate of drug-likeness (QED) is 0.536. The molecule has 0 bridgehead atoms. The largest absolute Gasteiger partial charge is 0.493 e. The summed E-state index contributed by atoms with van der Waals surface area (Å²) in [6, 6.07) is 12.5. The van der Waals surface area contributed by atoms with Gasteiger partial charge in [-0.2, -0.15) is 0 Å². The van der Waals surface area contributed by atoms with E-state index in [1.165, 1.54) is 25.4 Å². The van der Waals surface area contributed by atoms with E-state index in [0.29, 0.717) is 42.4 Å². The molecule has 7 nitrogen and oxygen atoms in total. The first kappa shape index (κ1) is 22.3. The number of aromatic nitrogens is 1. The van der Waals surface area contributed by atoms with Crippen LogP contribution >= 0.6 is 11.3 Å². The average Bonchev–Trinajstić information content (AvgIpc) is 3.30. The fourth-order valence-electron chi connectivity index (χ4n) is 3.01. The molecule has 3 aromatic rings. The minimum Gasteiger partial charge on any atom is -0.493 e. The number of thiazole rings is 1. The van der Waals surface area contributed by atoms with E-state index in [2.05, 4.69) is 10.3 Å². The molecule has 1 N–H and O–H groups in total. The third-order valence-corrected chi connectivity index (χ3v) is 5.37. The topological polar surface area (TPSA) is 80.8 Å². The SMILES string of the molecule is CCN(Cc1ccccc1NC(=O)c1ccc(OCc2cscn2)c(OC)c1)C(C)=O. The number of hydrogen-bond acceptors (Lipinski definition) is 6. The summed E-state index contributed by atoms with van der Waals surface area (Å²) in [5.41, 5.74) is 4.54. The lowest BCUT2D eigenvalue weighted by atomic mass is 10.1. The van der Waals surface area contributed by atoms with Gasteiger partial charge in [-0.15, -0.1) is 11.3 Å². The average molecular weight is 440 g/mol. The first-order chi connectivity index (χ1) is 15.0. The van der Waals surface area contributed by atoms with E-state index in [1.54, 1.807) is 28.6 Å². The Labute approximate surface area is 185 Å². The Morgan fingerprint density at radius 3 is 2.65 bits per heavy atom. The molecule has 0 aliphatic carbocycles. The van der Waals surface area contributed by atoms with Gasteiger partial charge >= 0.3 is 0 Å². The van der Waals surface area contributed by atoms with Crippen LogP contribution in [-0.4, -0.2) is 35.4 Å². The lowest BCUT2D eigenvalue weighted by molar-refractivity contribution is -0.129. The maximum Gasteiger partial charge on any atom is 0.255 e. The van der Waals surface area contributed by atoms with E-state index in [-0.39, 0.29) is 11.8 Å². The van der Waals surface area contributed by atoms with Crippen LogP contribution in [0.15, 0.2) is 53.4 Å². The third kappa shape index (κ3) is 5.82. The molecule has 1 aromatic heterocycles. The Kier molecular flexibility index (Phi) is 7.61. The molecule has 1 heterocycles. The zero-order valence-corrected chi connectivity index (χ0v) is 18.6. The van der Waals surface area contributed by atoms with Crippen LogP contribution in [-0.2, 0) is 17.9 Å². The summed E-state index contributed by atoms with van der Waals surface area (Å²) >= 11 is 1.50. The Bertz CT molecular complexity index is 1040. The first-order valence-electron chi connectivity index (χ1n) is 9.84. The smallest absolute Gasteiger partial charge is 0.255 e. The van der Waals surface area contributed by atoms with Crippen molar-refractivity contribution in [3.05, 3.63) is 70.2 Å². The maximum atomic E-state index is 12.9. The Morgan fingerprint density at radius 1 is 1.16 bits per heavy atom. The van der Waals surface area contributed by atoms with Crippen molar-refractivity contribution < 1.29 is 19.1 Å². The number of para-hydroxylation sites is 1. The van der Waals surface area contributed by atoms with Gasteiger partial charge in [0.2, 0.25) is 5.91 Å². The lowest BCUT2D eigenvalue weighted by Gasteiger charge is -2.21. The molecule has 0 aliphatic heterocycles. The van der Waals surface area contributed by atoms with Crippen molar-refractivity contribution in [3.63, 3.8) is 0 Å². The summed E-state index contributed by atoms with van der Waals surface area (Å²) in [6.45, 7) is 4.80. The molecule has 0 saturated heterocycles. The zero-order valence-electron chi connectivity index (χ0n) is 17.8. The molecule has 0 spiro atoms. The minimum atomic E-state index is -0.275. The molecule has 0 radical (unpaired) electrons. The highest BCUT2D eigenvalue weighted by molar-refractivity contribution is 7.07. The second kappa shape index (κ2) is 10.6. The maximum absolute atomic E-state index is 12.9. The summed E-state index contributed by atoms with van der Waals surface area (Å²) < 4.78 is 11.2. The van der Waals surface area contributed by atoms with Crippen molar-refractivity contribution in [1.82, 2.24) is 9.88 Å². The van der Waals surface area contributed by atoms with E-state index < -0.39 is 0 Å². The Hall–Kier alpha value is -3.39. The standard InChI is InChI=1S/C23H25N3O4S/c1-4-26(16(2)27)12-18-7-5-6-8-20(18)25-23(28)17-9-10-21(22(11-17)29-3)30-13-19-14-31-15-24-19/h5-11,14-15H,4,12-13H2,1-3H3,(H,25,28). The van der Waals surface area contributed by atoms with Gasteiger partial charge < -0.3 is 19.7 Å². The monoisotopic (exact) mass is 439 g/mol. The van der Waals surface area contributed by atoms with Gasteiger partial charge in [-0.3, -0.25) is 9.59 Å². The number of carbonyl (C=O) groups is 2. The fourth-order valence-corrected chi connectivity index (χ4v) is 3.56. The molecule has 31 heavy (non-hydrogen) atoms. The summed E-state index contributed by atoms with van der Waals surface area (Å²) in [6.07, 6.45) is 0. The molecular formula is C23H25N3O4S. The van der Waals surface area contributed by atoms with Crippen molar-refractivity contribution in [2.24, 2.45) is 0 Å². The number of amides is 2. The highest BCUT2D eigenvalue weighted by Gasteiger charge is 2.15. The van der Waals surface area contributed by atoms with Gasteiger partial charge in [0.25, 0.3) is 5.91 Å². The van der Waals surface area contributed by atoms with E-state index in [1.807, 2.05) is 36.6 Å². The van der Waals surface area contributed by atoms with E-state index in [9.17, 15) is 9.59 Å². The molecule has 2 aromatic carbocycles. The van der Waals surface area contributed by atoms with Crippen molar-refractivity contribution in [1.29, 1.82) is 0 Å². The molecule has 162 valence electrons. The van der Waals surface area contributed by atoms with Gasteiger partial charge in [0.1, 0.15) is 6.61 Å². The molecule has 0 aliphatic rings. The van der Waals surface area contributed by atoms with Crippen molar-refractivity contribution in [2.45, 2.75) is 27.0 Å². The molecule has 8 heteroatoms. The normalized spacial score (nSPS) is 10.4. The van der Waals surface area contributed by atoms with Gasteiger partial charge in [-0.25, -0.2) is 4.98 Å². The van der Waals surface area contributed by atoms with Crippen LogP contribution in [0.1, 0.15) is 35.5 Å². The van der Waals surface area contributed by atoms with Gasteiger partial charge in [0.15, 0.2) is 11.5 Å². The van der Waals surface area contributed by atoms with Crippen LogP contribution in [0.5, 0.6) is 11.5 Å². The number of carbonyl (C=O) groups excluding carboxylic acids is 2. The zero-order chi connectivity index (χ0) is 22.2. The number of methoxy groups -OCH3 is 1. The number of benzene rings is 2. The van der Waals surface area contributed by atoms with Crippen molar-refractivity contribution >= 4 is 28.8 Å². The van der Waals surface area contributed by atoms with Gasteiger partial charge in [-0.1, -0.05) is 18.2 Å². The van der Waals surface area contributed by atoms with Crippen molar-refractivity contribution in [2.75, 3.05) is 19.0 Å². The summed E-state index contributed by atoms with van der Waals surface area (Å²) in [4.78, 5) is 30.6. The highest BCUT2D eigenvalue weighted by Crippen LogP contribution is 2.29. The number of hydrogen-bond donors (Lipinski definition) is 1. The molecule has 0 fully saturated rings. The summed E-state index contributed by atoms with van der Waals surface area (Å²) in [5.74, 6) is 0.710. The van der Waals surface area contributed by atoms with Gasteiger partial charge in [-0.05, 0) is 36.8 Å². The van der Waals surface area contributed by atoms with E-state index >= 15 is 0 Å². The third-order valence-electron chi connectivity index (χ3n) is 4.74. The number of nitrogens with zero attached hydrogens (tertiary/aromatic N) is 2. The summed E-state index contributed by atoms with van der Waals surface area (Å²) in [5, 5.41) is 4.85. The fraction of sp³-hybridized carbons (Fsp3) is 0.261. The molecule has 2 amide bonds. The second-order valence-corrected chi connectivity index (χ2v) is 7.50. The van der Waals surface area contributed by atoms with E-state index in [4.69, 9.17) is 9.47 Å². The van der Waals surface area contributed by atoms with Gasteiger partial charge in [0, 0.05) is 36.6 Å². The second-order valence-electron chi connectivity index (χ2n) is 6.78. The molecular weight excluding hydrogens is 414 g/mol. The highest BCUT2D eigenvalue weighted by atomic mass is 32.1. The van der Waals surface area contributed by atoms with Crippen LogP contribution in [0.3, 0.4) is 0 Å². The Balaban J connectivity index is 1.74. The minimum absolute atomic E-state index is 0.0124. The summed E-state index contributed by atoms with van der Waals surface area (Å²) in [7, 11) is 1.53. The van der Waals surface area contributed by atoms with Crippen LogP contribution < -0.4 is 14.8 Å². The van der Waals surface area contributed by atoms with E-state index in [0.717, 1.165) is 11.3 Å². The first-order valence-corrected chi connectivity index (χ1v) is 10.8. The van der Waals surface area contributed by atoms with Crippen LogP contribution in [0.2, 0.25) is 0 Å². The van der Waals surface area contributed by atoms with Crippen LogP contribution in [0.25, 0.3) is 0 Å². The number of rotatable bonds is 9. The van der Waals surface area contributed by atoms with Crippen LogP contribution in [0.4, 0.5) is 5.69 Å². The van der Waals surface area contributed by atoms with Gasteiger partial charge in [0.05, 0.1) is 18.3 Å². The molecule has 0 saturated carbocycles. The Morgan fingerprint density at radius 2 is 1.97 bits per heavy atom. The van der Waals surface area contributed by atoms with Crippen molar-refractivity contribution in [3.8, 4) is 11.5 Å². The van der Waals surface area contributed by atoms with Crippen LogP contribution in [0, 0.1) is 0 Å². The lowest BCUT2D eigenvalue weighted by Crippen LogP contribution is -2.28. The molecule has 3 rings (SSSR count). The molecule has 0 atom stereocenters. The predicted octanol–water partition coefficient (Wildman–Crippen LogP) is 4.35. The molecule has 0 unspecified atom stereocenters. The number of nitrogens with one attached hydrogen (secondary N) is 1.